The minimum Gasteiger partial charge on any atom is -0.389 e. The van der Waals surface area contributed by atoms with Crippen molar-refractivity contribution in [3.63, 3.8) is 0 Å². The van der Waals surface area contributed by atoms with E-state index >= 15 is 0 Å². The molecule has 1 aromatic rings. The fourth-order valence-corrected chi connectivity index (χ4v) is 1.42. The number of amides is 1. The Balaban J connectivity index is 2.43. The maximum atomic E-state index is 10.8. The Labute approximate surface area is 102 Å². The number of hydrogen-bond donors (Lipinski definition) is 3. The standard InChI is InChI=1S/C13H20N2O2/c1-10(16)15-12-6-4-11(5-7-12)8-14-9-13(2,3)17/h4-7,14,17H,8-9H2,1-3H3,(H,15,16). The lowest BCUT2D eigenvalue weighted by molar-refractivity contribution is -0.114. The van der Waals surface area contributed by atoms with Crippen LogP contribution < -0.4 is 10.6 Å². The van der Waals surface area contributed by atoms with Gasteiger partial charge in [0.05, 0.1) is 5.60 Å². The van der Waals surface area contributed by atoms with Gasteiger partial charge in [-0.2, -0.15) is 0 Å². The first kappa shape index (κ1) is 13.7. The molecule has 94 valence electrons. The van der Waals surface area contributed by atoms with Crippen molar-refractivity contribution in [2.24, 2.45) is 0 Å². The summed E-state index contributed by atoms with van der Waals surface area (Å²) in [6, 6.07) is 7.62. The quantitative estimate of drug-likeness (QED) is 0.726. The summed E-state index contributed by atoms with van der Waals surface area (Å²) < 4.78 is 0. The molecule has 0 unspecified atom stereocenters. The average molecular weight is 236 g/mol. The highest BCUT2D eigenvalue weighted by molar-refractivity contribution is 5.88. The van der Waals surface area contributed by atoms with Gasteiger partial charge in [0, 0.05) is 25.7 Å². The number of carbonyl (C=O) groups is 1. The number of nitrogens with one attached hydrogen (secondary N) is 2. The molecule has 0 saturated carbocycles. The third-order valence-electron chi connectivity index (χ3n) is 2.16. The second-order valence-electron chi connectivity index (χ2n) is 4.79. The highest BCUT2D eigenvalue weighted by Gasteiger charge is 2.10. The SMILES string of the molecule is CC(=O)Nc1ccc(CNCC(C)(C)O)cc1. The predicted molar refractivity (Wildman–Crippen MR) is 68.8 cm³/mol. The smallest absolute Gasteiger partial charge is 0.221 e. The summed E-state index contributed by atoms with van der Waals surface area (Å²) in [4.78, 5) is 10.8. The molecular weight excluding hydrogens is 216 g/mol. The summed E-state index contributed by atoms with van der Waals surface area (Å²) in [7, 11) is 0. The molecule has 3 N–H and O–H groups in total. The van der Waals surface area contributed by atoms with Gasteiger partial charge in [-0.3, -0.25) is 4.79 Å². The van der Waals surface area contributed by atoms with E-state index in [2.05, 4.69) is 10.6 Å². The van der Waals surface area contributed by atoms with Crippen molar-refractivity contribution in [1.29, 1.82) is 0 Å². The molecule has 0 aromatic heterocycles. The maximum absolute atomic E-state index is 10.8. The molecule has 0 radical (unpaired) electrons. The molecule has 0 fully saturated rings. The maximum Gasteiger partial charge on any atom is 0.221 e. The molecule has 0 aliphatic rings. The van der Waals surface area contributed by atoms with Crippen LogP contribution in [0.5, 0.6) is 0 Å². The Morgan fingerprint density at radius 3 is 2.35 bits per heavy atom. The normalized spacial score (nSPS) is 11.3. The van der Waals surface area contributed by atoms with Gasteiger partial charge in [0.15, 0.2) is 0 Å². The van der Waals surface area contributed by atoms with Crippen LogP contribution in [-0.4, -0.2) is 23.2 Å². The fourth-order valence-electron chi connectivity index (χ4n) is 1.42. The molecule has 0 aliphatic heterocycles. The van der Waals surface area contributed by atoms with Gasteiger partial charge in [-0.15, -0.1) is 0 Å². The van der Waals surface area contributed by atoms with Gasteiger partial charge in [0.1, 0.15) is 0 Å². The van der Waals surface area contributed by atoms with E-state index in [-0.39, 0.29) is 5.91 Å². The van der Waals surface area contributed by atoms with Gasteiger partial charge in [-0.05, 0) is 31.5 Å². The molecule has 0 spiro atoms. The van der Waals surface area contributed by atoms with Crippen LogP contribution in [0, 0.1) is 0 Å². The Hall–Kier alpha value is -1.39. The van der Waals surface area contributed by atoms with Gasteiger partial charge in [0.2, 0.25) is 5.91 Å². The minimum atomic E-state index is -0.698. The van der Waals surface area contributed by atoms with Crippen molar-refractivity contribution in [3.05, 3.63) is 29.8 Å². The molecule has 4 nitrogen and oxygen atoms in total. The topological polar surface area (TPSA) is 61.4 Å². The molecule has 0 heterocycles. The van der Waals surface area contributed by atoms with Crippen LogP contribution in [0.15, 0.2) is 24.3 Å². The number of anilines is 1. The molecule has 0 atom stereocenters. The summed E-state index contributed by atoms with van der Waals surface area (Å²) in [5.41, 5.74) is 1.21. The van der Waals surface area contributed by atoms with Crippen LogP contribution in [0.4, 0.5) is 5.69 Å². The molecule has 0 bridgehead atoms. The van der Waals surface area contributed by atoms with Crippen molar-refractivity contribution in [1.82, 2.24) is 5.32 Å². The highest BCUT2D eigenvalue weighted by Crippen LogP contribution is 2.09. The van der Waals surface area contributed by atoms with Crippen LogP contribution in [-0.2, 0) is 11.3 Å². The lowest BCUT2D eigenvalue weighted by Gasteiger charge is -2.17. The number of benzene rings is 1. The first-order chi connectivity index (χ1) is 7.87. The van der Waals surface area contributed by atoms with Gasteiger partial charge in [0.25, 0.3) is 0 Å². The largest absolute Gasteiger partial charge is 0.389 e. The first-order valence-corrected chi connectivity index (χ1v) is 5.66. The van der Waals surface area contributed by atoms with E-state index in [1.807, 2.05) is 24.3 Å². The third kappa shape index (κ3) is 6.04. The molecule has 1 aromatic carbocycles. The van der Waals surface area contributed by atoms with E-state index in [9.17, 15) is 9.90 Å². The summed E-state index contributed by atoms with van der Waals surface area (Å²) in [5, 5.41) is 15.4. The molecule has 0 aliphatic carbocycles. The van der Waals surface area contributed by atoms with Crippen LogP contribution in [0.2, 0.25) is 0 Å². The lowest BCUT2D eigenvalue weighted by atomic mass is 10.1. The van der Waals surface area contributed by atoms with E-state index in [1.165, 1.54) is 6.92 Å². The molecule has 1 amide bonds. The van der Waals surface area contributed by atoms with Gasteiger partial charge < -0.3 is 15.7 Å². The second kappa shape index (κ2) is 5.80. The number of hydrogen-bond acceptors (Lipinski definition) is 3. The number of carbonyl (C=O) groups excluding carboxylic acids is 1. The van der Waals surface area contributed by atoms with Crippen molar-refractivity contribution < 1.29 is 9.90 Å². The summed E-state index contributed by atoms with van der Waals surface area (Å²) in [6.45, 7) is 6.25. The van der Waals surface area contributed by atoms with E-state index in [0.29, 0.717) is 13.1 Å². The van der Waals surface area contributed by atoms with E-state index in [0.717, 1.165) is 11.3 Å². The van der Waals surface area contributed by atoms with Gasteiger partial charge in [-0.25, -0.2) is 0 Å². The Morgan fingerprint density at radius 2 is 1.88 bits per heavy atom. The monoisotopic (exact) mass is 236 g/mol. The van der Waals surface area contributed by atoms with Gasteiger partial charge in [-0.1, -0.05) is 12.1 Å². The lowest BCUT2D eigenvalue weighted by Crippen LogP contribution is -2.34. The summed E-state index contributed by atoms with van der Waals surface area (Å²) in [6.07, 6.45) is 0. The molecule has 17 heavy (non-hydrogen) atoms. The van der Waals surface area contributed by atoms with Crippen LogP contribution in [0.25, 0.3) is 0 Å². The average Bonchev–Trinajstić information content (AvgIpc) is 2.18. The van der Waals surface area contributed by atoms with Crippen LogP contribution in [0.1, 0.15) is 26.3 Å². The van der Waals surface area contributed by atoms with Crippen molar-refractivity contribution in [2.75, 3.05) is 11.9 Å². The van der Waals surface area contributed by atoms with E-state index in [1.54, 1.807) is 13.8 Å². The van der Waals surface area contributed by atoms with Crippen LogP contribution >= 0.6 is 0 Å². The number of rotatable bonds is 5. The zero-order valence-corrected chi connectivity index (χ0v) is 10.6. The molecular formula is C13H20N2O2. The Bertz CT molecular complexity index is 366. The fraction of sp³-hybridized carbons (Fsp3) is 0.462. The highest BCUT2D eigenvalue weighted by atomic mass is 16.3. The van der Waals surface area contributed by atoms with E-state index < -0.39 is 5.60 Å². The zero-order chi connectivity index (χ0) is 12.9. The van der Waals surface area contributed by atoms with Crippen LogP contribution in [0.3, 0.4) is 0 Å². The van der Waals surface area contributed by atoms with Crippen molar-refractivity contribution in [3.8, 4) is 0 Å². The Kier molecular flexibility index (Phi) is 4.66. The van der Waals surface area contributed by atoms with Crippen molar-refractivity contribution in [2.45, 2.75) is 32.9 Å². The molecule has 1 rings (SSSR count). The predicted octanol–water partition coefficient (Wildman–Crippen LogP) is 1.51. The third-order valence-corrected chi connectivity index (χ3v) is 2.16. The van der Waals surface area contributed by atoms with E-state index in [4.69, 9.17) is 0 Å². The first-order valence-electron chi connectivity index (χ1n) is 5.66. The van der Waals surface area contributed by atoms with Crippen molar-refractivity contribution >= 4 is 11.6 Å². The zero-order valence-electron chi connectivity index (χ0n) is 10.6. The molecule has 0 saturated heterocycles. The van der Waals surface area contributed by atoms with Gasteiger partial charge >= 0.3 is 0 Å². The molecule has 4 heteroatoms. The summed E-state index contributed by atoms with van der Waals surface area (Å²) in [5.74, 6) is -0.0714. The number of aliphatic hydroxyl groups is 1. The summed E-state index contributed by atoms with van der Waals surface area (Å²) >= 11 is 0. The Morgan fingerprint density at radius 1 is 1.29 bits per heavy atom. The second-order valence-corrected chi connectivity index (χ2v) is 4.79. The minimum absolute atomic E-state index is 0.0714.